The van der Waals surface area contributed by atoms with Gasteiger partial charge in [-0.25, -0.2) is 9.67 Å². The van der Waals surface area contributed by atoms with Crippen molar-refractivity contribution in [3.8, 4) is 28.8 Å². The molecule has 6 nitrogen and oxygen atoms in total. The molecule has 272 valence electrons. The fourth-order valence-electron chi connectivity index (χ4n) is 8.69. The highest BCUT2D eigenvalue weighted by Gasteiger charge is 2.36. The van der Waals surface area contributed by atoms with E-state index in [0.717, 1.165) is 81.9 Å². The van der Waals surface area contributed by atoms with Crippen molar-refractivity contribution in [3.63, 3.8) is 0 Å². The summed E-state index contributed by atoms with van der Waals surface area (Å²) in [5.74, 6) is 3.58. The zero-order valence-electron chi connectivity index (χ0n) is 31.5. The van der Waals surface area contributed by atoms with E-state index in [-0.39, 0.29) is 5.92 Å². The lowest BCUT2D eigenvalue weighted by Gasteiger charge is -2.34. The minimum Gasteiger partial charge on any atom is -0.497 e. The Morgan fingerprint density at radius 1 is 0.691 bits per heavy atom. The number of ether oxygens (including phenoxy) is 2. The molecule has 2 atom stereocenters. The SMILES string of the molecule is CCc1nn(-c2cccc(Oc3ccc4c5ccccc5n(-c5cc(OC)ccn5)c4c3)c2)c(CC)c1[C@@H]1C(c2ccccc2)=CCC[C@@H]1c1ccccc1. The van der Waals surface area contributed by atoms with Crippen LogP contribution in [0.25, 0.3) is 38.9 Å². The number of fused-ring (bicyclic) bond motifs is 3. The number of aromatic nitrogens is 4. The highest BCUT2D eigenvalue weighted by atomic mass is 16.5. The van der Waals surface area contributed by atoms with Crippen LogP contribution in [-0.4, -0.2) is 26.4 Å². The zero-order valence-corrected chi connectivity index (χ0v) is 31.5. The van der Waals surface area contributed by atoms with Crippen LogP contribution in [0, 0.1) is 0 Å². The second-order valence-electron chi connectivity index (χ2n) is 14.2. The van der Waals surface area contributed by atoms with E-state index in [1.54, 1.807) is 13.3 Å². The predicted molar refractivity (Wildman–Crippen MR) is 223 cm³/mol. The number of methoxy groups -OCH3 is 1. The molecular weight excluding hydrogens is 677 g/mol. The first-order valence-electron chi connectivity index (χ1n) is 19.4. The second-order valence-corrected chi connectivity index (χ2v) is 14.2. The van der Waals surface area contributed by atoms with Gasteiger partial charge in [0.2, 0.25) is 0 Å². The van der Waals surface area contributed by atoms with Gasteiger partial charge in [0.25, 0.3) is 0 Å². The molecule has 0 radical (unpaired) electrons. The van der Waals surface area contributed by atoms with Crippen LogP contribution in [0.2, 0.25) is 0 Å². The molecule has 55 heavy (non-hydrogen) atoms. The Labute approximate surface area is 322 Å². The molecule has 0 N–H and O–H groups in total. The number of pyridine rings is 1. The van der Waals surface area contributed by atoms with Crippen LogP contribution >= 0.6 is 0 Å². The van der Waals surface area contributed by atoms with Gasteiger partial charge in [0.1, 0.15) is 23.1 Å². The third kappa shape index (κ3) is 6.27. The quantitative estimate of drug-likeness (QED) is 0.141. The molecule has 1 aliphatic carbocycles. The number of benzene rings is 5. The largest absolute Gasteiger partial charge is 0.497 e. The van der Waals surface area contributed by atoms with Crippen LogP contribution < -0.4 is 9.47 Å². The standard InChI is InChI=1S/C49H44N4O2/c1-4-43-49(48-39(33-16-8-6-9-17-33)23-15-24-40(48)34-18-10-7-11-19-34)44(5-2)53(51-43)35-20-14-21-37(30-35)55-38-26-27-42-41-22-12-13-25-45(41)52(46(42)31-38)47-32-36(54-3)28-29-50-47/h6-14,16-23,25-32,40,48H,4-5,15,24H2,1-3H3/t40-,48-/m1/s1. The topological polar surface area (TPSA) is 54.1 Å². The van der Waals surface area contributed by atoms with Gasteiger partial charge < -0.3 is 9.47 Å². The van der Waals surface area contributed by atoms with Crippen molar-refractivity contribution in [2.45, 2.75) is 51.4 Å². The lowest BCUT2D eigenvalue weighted by molar-refractivity contribution is 0.414. The minimum absolute atomic E-state index is 0.189. The maximum Gasteiger partial charge on any atom is 0.141 e. The molecule has 0 saturated carbocycles. The Morgan fingerprint density at radius 3 is 2.25 bits per heavy atom. The van der Waals surface area contributed by atoms with Crippen LogP contribution in [0.5, 0.6) is 17.2 Å². The first-order valence-corrected chi connectivity index (χ1v) is 19.4. The molecule has 6 heteroatoms. The van der Waals surface area contributed by atoms with Crippen molar-refractivity contribution < 1.29 is 9.47 Å². The third-order valence-electron chi connectivity index (χ3n) is 11.1. The summed E-state index contributed by atoms with van der Waals surface area (Å²) < 4.78 is 16.6. The summed E-state index contributed by atoms with van der Waals surface area (Å²) in [7, 11) is 1.68. The van der Waals surface area contributed by atoms with Crippen molar-refractivity contribution in [1.82, 2.24) is 19.3 Å². The molecule has 5 aromatic carbocycles. The highest BCUT2D eigenvalue weighted by Crippen LogP contribution is 2.51. The van der Waals surface area contributed by atoms with Gasteiger partial charge in [0, 0.05) is 52.3 Å². The van der Waals surface area contributed by atoms with Crippen LogP contribution in [0.4, 0.5) is 0 Å². The lowest BCUT2D eigenvalue weighted by atomic mass is 9.69. The van der Waals surface area contributed by atoms with Crippen molar-refractivity contribution in [3.05, 3.63) is 180 Å². The molecule has 3 aromatic heterocycles. The average Bonchev–Trinajstić information content (AvgIpc) is 3.79. The summed E-state index contributed by atoms with van der Waals surface area (Å²) in [5.41, 5.74) is 10.9. The first kappa shape index (κ1) is 34.4. The van der Waals surface area contributed by atoms with Gasteiger partial charge in [-0.05, 0) is 84.7 Å². The number of aryl methyl sites for hydroxylation is 1. The average molecular weight is 721 g/mol. The molecule has 0 amide bonds. The minimum atomic E-state index is 0.189. The van der Waals surface area contributed by atoms with E-state index >= 15 is 0 Å². The monoisotopic (exact) mass is 720 g/mol. The van der Waals surface area contributed by atoms with Crippen LogP contribution in [0.15, 0.2) is 152 Å². The molecule has 1 aliphatic rings. The maximum absolute atomic E-state index is 6.67. The van der Waals surface area contributed by atoms with Crippen molar-refractivity contribution in [1.29, 1.82) is 0 Å². The van der Waals surface area contributed by atoms with Gasteiger partial charge in [-0.2, -0.15) is 5.10 Å². The maximum atomic E-state index is 6.67. The van der Waals surface area contributed by atoms with Crippen molar-refractivity contribution in [2.75, 3.05) is 7.11 Å². The van der Waals surface area contributed by atoms with Crippen LogP contribution in [0.1, 0.15) is 66.6 Å². The summed E-state index contributed by atoms with van der Waals surface area (Å²) in [6.07, 6.45) is 8.12. The van der Waals surface area contributed by atoms with Gasteiger partial charge >= 0.3 is 0 Å². The van der Waals surface area contributed by atoms with Crippen LogP contribution in [0.3, 0.4) is 0 Å². The normalized spacial score (nSPS) is 15.7. The summed E-state index contributed by atoms with van der Waals surface area (Å²) in [6, 6.07) is 48.9. The van der Waals surface area contributed by atoms with Gasteiger partial charge in [-0.15, -0.1) is 0 Å². The summed E-state index contributed by atoms with van der Waals surface area (Å²) in [5, 5.41) is 7.67. The molecule has 0 spiro atoms. The Hall–Kier alpha value is -6.40. The summed E-state index contributed by atoms with van der Waals surface area (Å²) >= 11 is 0. The summed E-state index contributed by atoms with van der Waals surface area (Å²) in [4.78, 5) is 4.73. The van der Waals surface area contributed by atoms with Crippen LogP contribution in [-0.2, 0) is 12.8 Å². The van der Waals surface area contributed by atoms with Gasteiger partial charge in [-0.1, -0.05) is 105 Å². The number of para-hydroxylation sites is 1. The van der Waals surface area contributed by atoms with E-state index in [2.05, 4.69) is 144 Å². The van der Waals surface area contributed by atoms with E-state index in [4.69, 9.17) is 19.6 Å². The Kier molecular flexibility index (Phi) is 9.24. The molecule has 0 unspecified atom stereocenters. The number of nitrogens with zero attached hydrogens (tertiary/aromatic N) is 4. The smallest absolute Gasteiger partial charge is 0.141 e. The predicted octanol–water partition coefficient (Wildman–Crippen LogP) is 12.0. The van der Waals surface area contributed by atoms with E-state index in [1.807, 2.05) is 24.3 Å². The molecule has 3 heterocycles. The molecule has 0 saturated heterocycles. The van der Waals surface area contributed by atoms with Crippen molar-refractivity contribution in [2.24, 2.45) is 0 Å². The Bertz CT molecular complexity index is 2660. The fraction of sp³-hybridized carbons (Fsp3) is 0.184. The number of hydrogen-bond donors (Lipinski definition) is 0. The summed E-state index contributed by atoms with van der Waals surface area (Å²) in [6.45, 7) is 4.49. The van der Waals surface area contributed by atoms with E-state index in [0.29, 0.717) is 5.92 Å². The highest BCUT2D eigenvalue weighted by molar-refractivity contribution is 6.09. The number of allylic oxidation sites excluding steroid dienone is 2. The number of rotatable bonds is 10. The van der Waals surface area contributed by atoms with E-state index in [1.165, 1.54) is 28.0 Å². The molecule has 9 rings (SSSR count). The molecule has 0 bridgehead atoms. The number of hydrogen-bond acceptors (Lipinski definition) is 4. The molecule has 0 aliphatic heterocycles. The van der Waals surface area contributed by atoms with Crippen molar-refractivity contribution >= 4 is 27.4 Å². The molecule has 0 fully saturated rings. The second kappa shape index (κ2) is 14.8. The van der Waals surface area contributed by atoms with Gasteiger partial charge in [0.05, 0.1) is 29.5 Å². The Morgan fingerprint density at radius 2 is 1.45 bits per heavy atom. The Balaban J connectivity index is 1.12. The van der Waals surface area contributed by atoms with Gasteiger partial charge in [-0.3, -0.25) is 4.57 Å². The van der Waals surface area contributed by atoms with Gasteiger partial charge in [0.15, 0.2) is 0 Å². The van der Waals surface area contributed by atoms with E-state index < -0.39 is 0 Å². The third-order valence-corrected chi connectivity index (χ3v) is 11.1. The lowest BCUT2D eigenvalue weighted by Crippen LogP contribution is -2.19. The molecule has 8 aromatic rings. The first-order chi connectivity index (χ1) is 27.1. The fourth-order valence-corrected chi connectivity index (χ4v) is 8.69. The zero-order chi connectivity index (χ0) is 37.3. The molecular formula is C49H44N4O2. The van der Waals surface area contributed by atoms with E-state index in [9.17, 15) is 0 Å².